The number of fused-ring (bicyclic) bond motifs is 2. The van der Waals surface area contributed by atoms with Gasteiger partial charge in [-0.1, -0.05) is 24.3 Å². The molecule has 0 aliphatic heterocycles. The number of amides is 1. The van der Waals surface area contributed by atoms with E-state index >= 15 is 0 Å². The molecule has 3 heterocycles. The van der Waals surface area contributed by atoms with E-state index in [4.69, 9.17) is 0 Å². The Balaban J connectivity index is 1.42. The van der Waals surface area contributed by atoms with Gasteiger partial charge in [-0.05, 0) is 47.5 Å². The van der Waals surface area contributed by atoms with Gasteiger partial charge in [-0.15, -0.1) is 0 Å². The maximum Gasteiger partial charge on any atom is 0.416 e. The van der Waals surface area contributed by atoms with Crippen molar-refractivity contribution in [2.24, 2.45) is 0 Å². The maximum absolute atomic E-state index is 13.0. The topological polar surface area (TPSA) is 95.3 Å². The maximum atomic E-state index is 13.0. The van der Waals surface area contributed by atoms with E-state index in [0.717, 1.165) is 12.1 Å². The highest BCUT2D eigenvalue weighted by Crippen LogP contribution is 2.33. The van der Waals surface area contributed by atoms with Crippen molar-refractivity contribution in [3.05, 3.63) is 83.8 Å². The van der Waals surface area contributed by atoms with E-state index in [9.17, 15) is 23.1 Å². The largest absolute Gasteiger partial charge is 0.416 e. The summed E-state index contributed by atoms with van der Waals surface area (Å²) in [6.07, 6.45) is -2.91. The van der Waals surface area contributed by atoms with Crippen LogP contribution in [0.5, 0.6) is 0 Å². The van der Waals surface area contributed by atoms with Crippen LogP contribution in [0.25, 0.3) is 27.8 Å². The van der Waals surface area contributed by atoms with Crippen LogP contribution in [0.2, 0.25) is 0 Å². The zero-order valence-corrected chi connectivity index (χ0v) is 16.9. The summed E-state index contributed by atoms with van der Waals surface area (Å²) < 4.78 is 40.7. The third kappa shape index (κ3) is 3.92. The van der Waals surface area contributed by atoms with Crippen LogP contribution < -0.4 is 5.32 Å². The Morgan fingerprint density at radius 3 is 2.61 bits per heavy atom. The molecule has 2 aromatic carbocycles. The van der Waals surface area contributed by atoms with E-state index in [1.54, 1.807) is 46.9 Å². The second-order valence-electron chi connectivity index (χ2n) is 7.38. The quantitative estimate of drug-likeness (QED) is 0.371. The molecule has 5 aromatic rings. The van der Waals surface area contributed by atoms with Gasteiger partial charge in [0, 0.05) is 11.9 Å². The highest BCUT2D eigenvalue weighted by atomic mass is 19.4. The molecule has 3 N–H and O–H groups in total. The lowest BCUT2D eigenvalue weighted by Crippen LogP contribution is -2.13. The number of benzene rings is 2. The average molecular weight is 451 g/mol. The highest BCUT2D eigenvalue weighted by Gasteiger charge is 2.30. The van der Waals surface area contributed by atoms with Crippen molar-refractivity contribution in [2.45, 2.75) is 12.8 Å². The van der Waals surface area contributed by atoms with Crippen molar-refractivity contribution in [1.29, 1.82) is 0 Å². The first-order valence-electron chi connectivity index (χ1n) is 9.88. The predicted molar refractivity (Wildman–Crippen MR) is 116 cm³/mol. The van der Waals surface area contributed by atoms with E-state index in [1.807, 2.05) is 0 Å². The van der Waals surface area contributed by atoms with Crippen molar-refractivity contribution in [1.82, 2.24) is 19.4 Å². The summed E-state index contributed by atoms with van der Waals surface area (Å²) in [5, 5.41) is 12.1. The van der Waals surface area contributed by atoms with E-state index in [0.29, 0.717) is 33.5 Å². The molecular formula is C23H16F3N5O2. The van der Waals surface area contributed by atoms with Gasteiger partial charge >= 0.3 is 6.18 Å². The van der Waals surface area contributed by atoms with Gasteiger partial charge in [-0.25, -0.2) is 9.97 Å². The van der Waals surface area contributed by atoms with Crippen LogP contribution in [0.15, 0.2) is 66.9 Å². The Hall–Kier alpha value is -4.18. The van der Waals surface area contributed by atoms with Crippen LogP contribution in [0.1, 0.15) is 21.7 Å². The molecule has 3 aromatic heterocycles. The number of nitrogens with one attached hydrogen (secondary N) is 2. The van der Waals surface area contributed by atoms with Crippen LogP contribution in [0.4, 0.5) is 19.1 Å². The SMILES string of the molecule is O=C(Nc1nc2cc(-c3cccc(C(F)(F)F)c3)ccc2[nH]1)c1cn2c(CO)cccc2n1. The zero-order valence-electron chi connectivity index (χ0n) is 16.9. The molecule has 0 aliphatic rings. The van der Waals surface area contributed by atoms with Crippen molar-refractivity contribution >= 4 is 28.5 Å². The number of pyridine rings is 1. The number of aromatic amines is 1. The number of aliphatic hydroxyl groups is 1. The molecule has 0 fully saturated rings. The number of halogens is 3. The number of aromatic nitrogens is 4. The standard InChI is InChI=1S/C23H16F3N5O2/c24-23(25,26)15-4-1-3-13(9-15)14-7-8-17-18(10-14)29-22(28-17)30-21(33)19-11-31-16(12-32)5-2-6-20(31)27-19/h1-11,32H,12H2,(H2,28,29,30,33). The Kier molecular flexibility index (Phi) is 4.86. The third-order valence-corrected chi connectivity index (χ3v) is 5.21. The molecule has 10 heteroatoms. The number of anilines is 1. The molecule has 5 rings (SSSR count). The molecule has 166 valence electrons. The molecular weight excluding hydrogens is 435 g/mol. The fraction of sp³-hybridized carbons (Fsp3) is 0.0870. The monoisotopic (exact) mass is 451 g/mol. The van der Waals surface area contributed by atoms with Gasteiger partial charge in [0.05, 0.1) is 23.2 Å². The number of imidazole rings is 2. The smallest absolute Gasteiger partial charge is 0.390 e. The molecule has 1 amide bonds. The number of nitrogens with zero attached hydrogens (tertiary/aromatic N) is 3. The predicted octanol–water partition coefficient (Wildman–Crippen LogP) is 4.64. The fourth-order valence-electron chi connectivity index (χ4n) is 3.60. The third-order valence-electron chi connectivity index (χ3n) is 5.21. The van der Waals surface area contributed by atoms with Crippen molar-refractivity contribution < 1.29 is 23.1 Å². The van der Waals surface area contributed by atoms with Crippen molar-refractivity contribution in [2.75, 3.05) is 5.32 Å². The number of H-pyrrole nitrogens is 1. The van der Waals surface area contributed by atoms with E-state index in [-0.39, 0.29) is 18.2 Å². The first-order chi connectivity index (χ1) is 15.8. The molecule has 0 saturated carbocycles. The van der Waals surface area contributed by atoms with Gasteiger partial charge in [0.2, 0.25) is 5.95 Å². The first kappa shape index (κ1) is 20.7. The molecule has 0 atom stereocenters. The Bertz CT molecular complexity index is 1500. The zero-order chi connectivity index (χ0) is 23.2. The van der Waals surface area contributed by atoms with Crippen LogP contribution in [-0.4, -0.2) is 30.4 Å². The minimum atomic E-state index is -4.43. The Labute approximate surface area is 184 Å². The van der Waals surface area contributed by atoms with Gasteiger partial charge in [0.1, 0.15) is 11.3 Å². The summed E-state index contributed by atoms with van der Waals surface area (Å²) in [5.74, 6) is -0.324. The van der Waals surface area contributed by atoms with Crippen LogP contribution in [0.3, 0.4) is 0 Å². The summed E-state index contributed by atoms with van der Waals surface area (Å²) in [4.78, 5) is 24.2. The molecule has 0 aliphatic carbocycles. The summed E-state index contributed by atoms with van der Waals surface area (Å²) in [7, 11) is 0. The lowest BCUT2D eigenvalue weighted by molar-refractivity contribution is -0.137. The minimum Gasteiger partial charge on any atom is -0.390 e. The van der Waals surface area contributed by atoms with Crippen LogP contribution in [0, 0.1) is 0 Å². The van der Waals surface area contributed by atoms with Gasteiger partial charge in [-0.3, -0.25) is 10.1 Å². The van der Waals surface area contributed by atoms with Gasteiger partial charge < -0.3 is 14.5 Å². The summed E-state index contributed by atoms with van der Waals surface area (Å²) in [5.41, 5.74) is 2.58. The second-order valence-corrected chi connectivity index (χ2v) is 7.38. The number of hydrogen-bond acceptors (Lipinski definition) is 4. The number of hydrogen-bond donors (Lipinski definition) is 3. The highest BCUT2D eigenvalue weighted by molar-refractivity contribution is 6.03. The number of aliphatic hydroxyl groups excluding tert-OH is 1. The Morgan fingerprint density at radius 1 is 1.03 bits per heavy atom. The molecule has 33 heavy (non-hydrogen) atoms. The molecule has 0 spiro atoms. The number of carbonyl (C=O) groups is 1. The number of rotatable bonds is 4. The summed E-state index contributed by atoms with van der Waals surface area (Å²) >= 11 is 0. The fourth-order valence-corrected chi connectivity index (χ4v) is 3.60. The summed E-state index contributed by atoms with van der Waals surface area (Å²) in [6.45, 7) is -0.202. The van der Waals surface area contributed by atoms with Gasteiger partial charge in [-0.2, -0.15) is 13.2 Å². The molecule has 0 bridgehead atoms. The number of alkyl halides is 3. The lowest BCUT2D eigenvalue weighted by atomic mass is 10.0. The van der Waals surface area contributed by atoms with E-state index in [1.165, 1.54) is 12.3 Å². The van der Waals surface area contributed by atoms with Gasteiger partial charge in [0.15, 0.2) is 0 Å². The summed E-state index contributed by atoms with van der Waals surface area (Å²) in [6, 6.07) is 15.2. The van der Waals surface area contributed by atoms with Crippen LogP contribution >= 0.6 is 0 Å². The van der Waals surface area contributed by atoms with Crippen molar-refractivity contribution in [3.63, 3.8) is 0 Å². The van der Waals surface area contributed by atoms with Gasteiger partial charge in [0.25, 0.3) is 5.91 Å². The Morgan fingerprint density at radius 2 is 1.82 bits per heavy atom. The molecule has 0 radical (unpaired) electrons. The molecule has 0 saturated heterocycles. The molecule has 0 unspecified atom stereocenters. The lowest BCUT2D eigenvalue weighted by Gasteiger charge is -2.08. The molecule has 7 nitrogen and oxygen atoms in total. The first-order valence-corrected chi connectivity index (χ1v) is 9.88. The van der Waals surface area contributed by atoms with E-state index < -0.39 is 17.6 Å². The minimum absolute atomic E-state index is 0.140. The van der Waals surface area contributed by atoms with E-state index in [2.05, 4.69) is 20.3 Å². The second kappa shape index (κ2) is 7.75. The average Bonchev–Trinajstić information content (AvgIpc) is 3.41. The van der Waals surface area contributed by atoms with Crippen molar-refractivity contribution in [3.8, 4) is 11.1 Å². The normalized spacial score (nSPS) is 11.9. The number of carbonyl (C=O) groups excluding carboxylic acids is 1. The van der Waals surface area contributed by atoms with Crippen LogP contribution in [-0.2, 0) is 12.8 Å².